The predicted octanol–water partition coefficient (Wildman–Crippen LogP) is 3.74. The fourth-order valence-electron chi connectivity index (χ4n) is 3.91. The molecule has 0 bridgehead atoms. The van der Waals surface area contributed by atoms with E-state index in [1.165, 1.54) is 0 Å². The highest BCUT2D eigenvalue weighted by molar-refractivity contribution is 6.30. The first-order valence-electron chi connectivity index (χ1n) is 10.0. The van der Waals surface area contributed by atoms with Gasteiger partial charge in [-0.05, 0) is 36.8 Å². The second-order valence-electron chi connectivity index (χ2n) is 7.30. The van der Waals surface area contributed by atoms with Crippen molar-refractivity contribution in [2.24, 2.45) is 5.92 Å². The number of hydrogen-bond acceptors (Lipinski definition) is 4. The van der Waals surface area contributed by atoms with Crippen LogP contribution in [0.2, 0.25) is 5.02 Å². The van der Waals surface area contributed by atoms with Crippen LogP contribution in [-0.4, -0.2) is 50.6 Å². The molecular formula is C23H27ClN2O4. The molecule has 7 heteroatoms. The van der Waals surface area contributed by atoms with Crippen molar-refractivity contribution < 1.29 is 19.1 Å². The summed E-state index contributed by atoms with van der Waals surface area (Å²) in [5.74, 6) is 0.434. The van der Waals surface area contributed by atoms with Gasteiger partial charge in [0, 0.05) is 41.7 Å². The molecule has 2 aromatic rings. The topological polar surface area (TPSA) is 67.9 Å². The summed E-state index contributed by atoms with van der Waals surface area (Å²) >= 11 is 5.95. The van der Waals surface area contributed by atoms with Crippen molar-refractivity contribution in [3.05, 3.63) is 58.6 Å². The van der Waals surface area contributed by atoms with Gasteiger partial charge in [0.1, 0.15) is 0 Å². The molecule has 0 aromatic heterocycles. The Morgan fingerprint density at radius 2 is 1.83 bits per heavy atom. The number of amides is 2. The van der Waals surface area contributed by atoms with E-state index in [2.05, 4.69) is 5.32 Å². The van der Waals surface area contributed by atoms with Gasteiger partial charge in [-0.1, -0.05) is 30.7 Å². The molecule has 2 amide bonds. The third-order valence-corrected chi connectivity index (χ3v) is 5.67. The predicted molar refractivity (Wildman–Crippen MR) is 116 cm³/mol. The second kappa shape index (κ2) is 9.85. The molecule has 1 aliphatic heterocycles. The lowest BCUT2D eigenvalue weighted by Gasteiger charge is -2.21. The van der Waals surface area contributed by atoms with E-state index in [1.54, 1.807) is 43.4 Å². The molecule has 1 aliphatic rings. The Bertz CT molecular complexity index is 901. The van der Waals surface area contributed by atoms with E-state index in [1.807, 2.05) is 25.1 Å². The minimum atomic E-state index is -0.381. The lowest BCUT2D eigenvalue weighted by Crippen LogP contribution is -2.36. The van der Waals surface area contributed by atoms with Crippen LogP contribution in [0.1, 0.15) is 35.2 Å². The highest BCUT2D eigenvalue weighted by Gasteiger charge is 2.42. The van der Waals surface area contributed by atoms with Gasteiger partial charge in [-0.2, -0.15) is 0 Å². The maximum atomic E-state index is 13.1. The first-order valence-corrected chi connectivity index (χ1v) is 10.4. The molecule has 1 N–H and O–H groups in total. The molecule has 1 saturated heterocycles. The second-order valence-corrected chi connectivity index (χ2v) is 7.74. The van der Waals surface area contributed by atoms with Crippen LogP contribution in [0.5, 0.6) is 11.5 Å². The van der Waals surface area contributed by atoms with Gasteiger partial charge in [0.2, 0.25) is 5.91 Å². The summed E-state index contributed by atoms with van der Waals surface area (Å²) in [5, 5.41) is 3.55. The number of para-hydroxylation sites is 1. The van der Waals surface area contributed by atoms with Crippen molar-refractivity contribution in [1.29, 1.82) is 0 Å². The van der Waals surface area contributed by atoms with Crippen LogP contribution in [0.15, 0.2) is 42.5 Å². The highest BCUT2D eigenvalue weighted by Crippen LogP contribution is 2.42. The summed E-state index contributed by atoms with van der Waals surface area (Å²) in [6, 6.07) is 12.4. The van der Waals surface area contributed by atoms with E-state index in [4.69, 9.17) is 21.1 Å². The molecule has 3 rings (SSSR count). The first kappa shape index (κ1) is 22.0. The fourth-order valence-corrected chi connectivity index (χ4v) is 4.03. The standard InChI is InChI=1S/C23H27ClN2O4/c1-4-12-25-22(27)19-14-26(23(28)15-8-10-16(24)11-9-15)13-18(19)17-6-5-7-20(29-2)21(17)30-3/h5-11,18-19H,4,12-14H2,1-3H3,(H,25,27)/t18-,19-/m1/s1. The molecule has 2 aromatic carbocycles. The van der Waals surface area contributed by atoms with Crippen molar-refractivity contribution in [3.63, 3.8) is 0 Å². The number of nitrogens with zero attached hydrogens (tertiary/aromatic N) is 1. The van der Waals surface area contributed by atoms with Crippen molar-refractivity contribution in [2.75, 3.05) is 33.9 Å². The smallest absolute Gasteiger partial charge is 0.253 e. The molecule has 30 heavy (non-hydrogen) atoms. The van der Waals surface area contributed by atoms with Crippen molar-refractivity contribution >= 4 is 23.4 Å². The molecule has 0 spiro atoms. The van der Waals surface area contributed by atoms with E-state index in [0.717, 1.165) is 12.0 Å². The first-order chi connectivity index (χ1) is 14.5. The lowest BCUT2D eigenvalue weighted by molar-refractivity contribution is -0.124. The fraction of sp³-hybridized carbons (Fsp3) is 0.391. The summed E-state index contributed by atoms with van der Waals surface area (Å²) in [4.78, 5) is 27.8. The average molecular weight is 431 g/mol. The Hall–Kier alpha value is -2.73. The van der Waals surface area contributed by atoms with Crippen LogP contribution >= 0.6 is 11.6 Å². The van der Waals surface area contributed by atoms with Crippen LogP contribution in [0.3, 0.4) is 0 Å². The number of carbonyl (C=O) groups excluding carboxylic acids is 2. The number of likely N-dealkylation sites (tertiary alicyclic amines) is 1. The van der Waals surface area contributed by atoms with Gasteiger partial charge in [0.25, 0.3) is 5.91 Å². The van der Waals surface area contributed by atoms with Gasteiger partial charge >= 0.3 is 0 Å². The molecule has 2 atom stereocenters. The number of ether oxygens (including phenoxy) is 2. The summed E-state index contributed by atoms with van der Waals surface area (Å²) < 4.78 is 11.0. The molecule has 0 saturated carbocycles. The maximum absolute atomic E-state index is 13.1. The SMILES string of the molecule is CCCNC(=O)[C@@H]1CN(C(=O)c2ccc(Cl)cc2)C[C@@H]1c1cccc(OC)c1OC. The van der Waals surface area contributed by atoms with E-state index < -0.39 is 0 Å². The monoisotopic (exact) mass is 430 g/mol. The molecule has 0 aliphatic carbocycles. The number of carbonyl (C=O) groups is 2. The Balaban J connectivity index is 1.94. The summed E-state index contributed by atoms with van der Waals surface area (Å²) in [5.41, 5.74) is 1.41. The number of halogens is 1. The minimum Gasteiger partial charge on any atom is -0.493 e. The summed E-state index contributed by atoms with van der Waals surface area (Å²) in [7, 11) is 3.16. The molecule has 6 nitrogen and oxygen atoms in total. The van der Waals surface area contributed by atoms with Gasteiger partial charge in [-0.15, -0.1) is 0 Å². The minimum absolute atomic E-state index is 0.0573. The number of benzene rings is 2. The average Bonchev–Trinajstić information content (AvgIpc) is 3.22. The Labute approximate surface area is 182 Å². The zero-order chi connectivity index (χ0) is 21.7. The number of methoxy groups -OCH3 is 2. The van der Waals surface area contributed by atoms with Crippen molar-refractivity contribution in [1.82, 2.24) is 10.2 Å². The largest absolute Gasteiger partial charge is 0.493 e. The Morgan fingerprint density at radius 1 is 1.10 bits per heavy atom. The number of rotatable bonds is 7. The number of hydrogen-bond donors (Lipinski definition) is 1. The zero-order valence-corrected chi connectivity index (χ0v) is 18.2. The van der Waals surface area contributed by atoms with E-state index in [-0.39, 0.29) is 23.7 Å². The molecule has 160 valence electrons. The molecule has 1 heterocycles. The van der Waals surface area contributed by atoms with E-state index in [0.29, 0.717) is 41.7 Å². The molecule has 0 radical (unpaired) electrons. The van der Waals surface area contributed by atoms with Crippen LogP contribution in [-0.2, 0) is 4.79 Å². The van der Waals surface area contributed by atoms with E-state index >= 15 is 0 Å². The highest BCUT2D eigenvalue weighted by atomic mass is 35.5. The van der Waals surface area contributed by atoms with Crippen molar-refractivity contribution in [3.8, 4) is 11.5 Å². The van der Waals surface area contributed by atoms with Gasteiger partial charge < -0.3 is 19.7 Å². The van der Waals surface area contributed by atoms with Gasteiger partial charge in [-0.3, -0.25) is 9.59 Å². The third-order valence-electron chi connectivity index (χ3n) is 5.42. The van der Waals surface area contributed by atoms with Gasteiger partial charge in [0.05, 0.1) is 20.1 Å². The third kappa shape index (κ3) is 4.54. The van der Waals surface area contributed by atoms with Crippen LogP contribution in [0.25, 0.3) is 0 Å². The lowest BCUT2D eigenvalue weighted by atomic mass is 9.87. The molecule has 0 unspecified atom stereocenters. The van der Waals surface area contributed by atoms with Crippen LogP contribution < -0.4 is 14.8 Å². The summed E-state index contributed by atoms with van der Waals surface area (Å²) in [6.45, 7) is 3.35. The molecular weight excluding hydrogens is 404 g/mol. The van der Waals surface area contributed by atoms with Crippen LogP contribution in [0.4, 0.5) is 0 Å². The van der Waals surface area contributed by atoms with Gasteiger partial charge in [0.15, 0.2) is 11.5 Å². The maximum Gasteiger partial charge on any atom is 0.253 e. The van der Waals surface area contributed by atoms with Crippen LogP contribution in [0, 0.1) is 5.92 Å². The van der Waals surface area contributed by atoms with E-state index in [9.17, 15) is 9.59 Å². The molecule has 1 fully saturated rings. The van der Waals surface area contributed by atoms with Gasteiger partial charge in [-0.25, -0.2) is 0 Å². The Kier molecular flexibility index (Phi) is 7.21. The normalized spacial score (nSPS) is 18.2. The summed E-state index contributed by atoms with van der Waals surface area (Å²) in [6.07, 6.45) is 0.846. The quantitative estimate of drug-likeness (QED) is 0.726. The zero-order valence-electron chi connectivity index (χ0n) is 17.5. The number of nitrogens with one attached hydrogen (secondary N) is 1. The Morgan fingerprint density at radius 3 is 2.47 bits per heavy atom. The van der Waals surface area contributed by atoms with Crippen molar-refractivity contribution in [2.45, 2.75) is 19.3 Å².